The van der Waals surface area contributed by atoms with E-state index in [1.54, 1.807) is 12.1 Å². The minimum absolute atomic E-state index is 0.545. The molecule has 49 heavy (non-hydrogen) atoms. The zero-order chi connectivity index (χ0) is 32.7. The molecule has 3 heterocycles. The maximum atomic E-state index is 9.31. The Balaban J connectivity index is 1.23. The Morgan fingerprint density at radius 3 is 1.61 bits per heavy atom. The van der Waals surface area contributed by atoms with Crippen molar-refractivity contribution < 1.29 is 0 Å². The third-order valence-corrected chi connectivity index (χ3v) is 8.87. The van der Waals surface area contributed by atoms with Crippen LogP contribution in [0, 0.1) is 11.3 Å². The van der Waals surface area contributed by atoms with Gasteiger partial charge in [-0.1, -0.05) is 109 Å². The third kappa shape index (κ3) is 4.89. The van der Waals surface area contributed by atoms with Crippen molar-refractivity contribution >= 4 is 32.7 Å². The summed E-state index contributed by atoms with van der Waals surface area (Å²) in [6, 6.07) is 55.1. The van der Waals surface area contributed by atoms with Crippen molar-refractivity contribution in [1.29, 1.82) is 5.26 Å². The van der Waals surface area contributed by atoms with E-state index in [2.05, 4.69) is 102 Å². The van der Waals surface area contributed by atoms with E-state index in [1.807, 2.05) is 54.6 Å². The van der Waals surface area contributed by atoms with Gasteiger partial charge in [-0.2, -0.15) is 5.26 Å². The molecule has 0 N–H and O–H groups in total. The molecule has 6 heteroatoms. The van der Waals surface area contributed by atoms with Crippen molar-refractivity contribution in [2.45, 2.75) is 0 Å². The van der Waals surface area contributed by atoms with Gasteiger partial charge in [0.2, 0.25) is 0 Å². The second-order valence-corrected chi connectivity index (χ2v) is 11.8. The average molecular weight is 627 g/mol. The van der Waals surface area contributed by atoms with Crippen molar-refractivity contribution in [2.24, 2.45) is 0 Å². The molecule has 0 aliphatic rings. The number of nitriles is 1. The van der Waals surface area contributed by atoms with Gasteiger partial charge in [0.25, 0.3) is 0 Å². The van der Waals surface area contributed by atoms with Crippen LogP contribution in [-0.4, -0.2) is 24.5 Å². The lowest BCUT2D eigenvalue weighted by atomic mass is 10.0. The van der Waals surface area contributed by atoms with Crippen molar-refractivity contribution in [3.8, 4) is 57.2 Å². The predicted octanol–water partition coefficient (Wildman–Crippen LogP) is 10.1. The Hall–Kier alpha value is -6.97. The van der Waals surface area contributed by atoms with E-state index in [0.717, 1.165) is 66.3 Å². The molecule has 0 aliphatic carbocycles. The SMILES string of the molecule is N#Cc1ccc(-c2nc(-c3ccccc3)nc(-c3ccc(-c4nc5ccccc5c5c4c4ccccc4n5-c4ccccc4)cc3)n2)cc1. The van der Waals surface area contributed by atoms with E-state index < -0.39 is 0 Å². The van der Waals surface area contributed by atoms with Gasteiger partial charge in [-0.3, -0.25) is 0 Å². The molecule has 9 rings (SSSR count). The number of rotatable bonds is 5. The van der Waals surface area contributed by atoms with Crippen molar-refractivity contribution in [2.75, 3.05) is 0 Å². The van der Waals surface area contributed by atoms with Gasteiger partial charge in [0.1, 0.15) is 0 Å². The topological polar surface area (TPSA) is 80.3 Å². The molecule has 0 spiro atoms. The second-order valence-electron chi connectivity index (χ2n) is 11.8. The van der Waals surface area contributed by atoms with Crippen LogP contribution >= 0.6 is 0 Å². The van der Waals surface area contributed by atoms with E-state index in [0.29, 0.717) is 23.0 Å². The lowest BCUT2D eigenvalue weighted by molar-refractivity contribution is 1.07. The summed E-state index contributed by atoms with van der Waals surface area (Å²) in [6.07, 6.45) is 0. The Morgan fingerprint density at radius 2 is 0.959 bits per heavy atom. The number of fused-ring (bicyclic) bond motifs is 5. The van der Waals surface area contributed by atoms with Crippen LogP contribution in [0.15, 0.2) is 158 Å². The van der Waals surface area contributed by atoms with Crippen LogP contribution in [0.1, 0.15) is 5.56 Å². The molecule has 0 amide bonds. The number of nitrogens with zero attached hydrogens (tertiary/aromatic N) is 6. The average Bonchev–Trinajstić information content (AvgIpc) is 3.54. The fourth-order valence-electron chi connectivity index (χ4n) is 6.56. The quantitative estimate of drug-likeness (QED) is 0.190. The molecule has 6 nitrogen and oxygen atoms in total. The standard InChI is InChI=1S/C43H26N6/c44-27-28-19-21-31(22-20-28)42-46-41(30-11-3-1-4-12-30)47-43(48-42)32-25-23-29(24-26-32)39-38-35-16-8-10-18-37(35)49(33-13-5-2-6-14-33)40(38)34-15-7-9-17-36(34)45-39/h1-26H. The first-order chi connectivity index (χ1) is 24.2. The molecule has 0 aliphatic heterocycles. The molecule has 0 atom stereocenters. The first kappa shape index (κ1) is 28.3. The minimum atomic E-state index is 0.545. The highest BCUT2D eigenvalue weighted by molar-refractivity contribution is 6.22. The first-order valence-corrected chi connectivity index (χ1v) is 16.1. The smallest absolute Gasteiger partial charge is 0.164 e. The van der Waals surface area contributed by atoms with Gasteiger partial charge < -0.3 is 4.57 Å². The largest absolute Gasteiger partial charge is 0.308 e. The predicted molar refractivity (Wildman–Crippen MR) is 196 cm³/mol. The molecule has 9 aromatic rings. The maximum Gasteiger partial charge on any atom is 0.164 e. The highest BCUT2D eigenvalue weighted by Gasteiger charge is 2.20. The van der Waals surface area contributed by atoms with Crippen LogP contribution in [0.2, 0.25) is 0 Å². The summed E-state index contributed by atoms with van der Waals surface area (Å²) in [5, 5.41) is 12.7. The summed E-state index contributed by atoms with van der Waals surface area (Å²) in [6.45, 7) is 0. The maximum absolute atomic E-state index is 9.31. The van der Waals surface area contributed by atoms with Gasteiger partial charge in [0, 0.05) is 44.1 Å². The minimum Gasteiger partial charge on any atom is -0.308 e. The fourth-order valence-corrected chi connectivity index (χ4v) is 6.56. The Labute approximate surface area is 282 Å². The fraction of sp³-hybridized carbons (Fsp3) is 0. The number of hydrogen-bond acceptors (Lipinski definition) is 5. The van der Waals surface area contributed by atoms with Gasteiger partial charge in [0.15, 0.2) is 17.5 Å². The Kier molecular flexibility index (Phi) is 6.74. The van der Waals surface area contributed by atoms with Crippen molar-refractivity contribution in [3.05, 3.63) is 163 Å². The molecule has 0 unspecified atom stereocenters. The molecular formula is C43H26N6. The summed E-state index contributed by atoms with van der Waals surface area (Å²) in [4.78, 5) is 19.9. The zero-order valence-corrected chi connectivity index (χ0v) is 26.2. The van der Waals surface area contributed by atoms with Crippen LogP contribution in [0.25, 0.3) is 83.8 Å². The number of aromatic nitrogens is 5. The molecule has 0 radical (unpaired) electrons. The molecule has 0 fully saturated rings. The molecule has 3 aromatic heterocycles. The van der Waals surface area contributed by atoms with Crippen molar-refractivity contribution in [1.82, 2.24) is 24.5 Å². The van der Waals surface area contributed by atoms with E-state index in [1.165, 1.54) is 0 Å². The molecule has 0 bridgehead atoms. The van der Waals surface area contributed by atoms with E-state index in [-0.39, 0.29) is 0 Å². The van der Waals surface area contributed by atoms with E-state index in [9.17, 15) is 5.26 Å². The van der Waals surface area contributed by atoms with Crippen LogP contribution in [0.3, 0.4) is 0 Å². The van der Waals surface area contributed by atoms with E-state index >= 15 is 0 Å². The molecule has 228 valence electrons. The number of para-hydroxylation sites is 3. The second kappa shape index (κ2) is 11.7. The highest BCUT2D eigenvalue weighted by atomic mass is 15.0. The number of benzene rings is 6. The first-order valence-electron chi connectivity index (χ1n) is 16.1. The van der Waals surface area contributed by atoms with Gasteiger partial charge >= 0.3 is 0 Å². The lowest BCUT2D eigenvalue weighted by Crippen LogP contribution is -2.00. The summed E-state index contributed by atoms with van der Waals surface area (Å²) < 4.78 is 2.35. The lowest BCUT2D eigenvalue weighted by Gasteiger charge is -2.12. The number of hydrogen-bond donors (Lipinski definition) is 0. The van der Waals surface area contributed by atoms with Gasteiger partial charge in [-0.05, 0) is 48.5 Å². The van der Waals surface area contributed by atoms with Crippen molar-refractivity contribution in [3.63, 3.8) is 0 Å². The van der Waals surface area contributed by atoms with Crippen LogP contribution < -0.4 is 0 Å². The third-order valence-electron chi connectivity index (χ3n) is 8.87. The molecular weight excluding hydrogens is 601 g/mol. The van der Waals surface area contributed by atoms with E-state index in [4.69, 9.17) is 19.9 Å². The normalized spacial score (nSPS) is 11.2. The number of pyridine rings is 1. The zero-order valence-electron chi connectivity index (χ0n) is 26.2. The van der Waals surface area contributed by atoms with Gasteiger partial charge in [0.05, 0.1) is 33.9 Å². The molecule has 0 saturated carbocycles. The Morgan fingerprint density at radius 1 is 0.449 bits per heavy atom. The van der Waals surface area contributed by atoms with Gasteiger partial charge in [-0.25, -0.2) is 19.9 Å². The summed E-state index contributed by atoms with van der Waals surface area (Å²) >= 11 is 0. The highest BCUT2D eigenvalue weighted by Crippen LogP contribution is 2.41. The summed E-state index contributed by atoms with van der Waals surface area (Å²) in [5.74, 6) is 1.70. The summed E-state index contributed by atoms with van der Waals surface area (Å²) in [5.41, 5.74) is 9.39. The van der Waals surface area contributed by atoms with Crippen LogP contribution in [0.4, 0.5) is 0 Å². The van der Waals surface area contributed by atoms with Crippen LogP contribution in [-0.2, 0) is 0 Å². The Bertz CT molecular complexity index is 2690. The van der Waals surface area contributed by atoms with Gasteiger partial charge in [-0.15, -0.1) is 0 Å². The van der Waals surface area contributed by atoms with Crippen LogP contribution in [0.5, 0.6) is 0 Å². The summed E-state index contributed by atoms with van der Waals surface area (Å²) in [7, 11) is 0. The molecule has 6 aromatic carbocycles. The molecule has 0 saturated heterocycles. The monoisotopic (exact) mass is 626 g/mol.